The zero-order chi connectivity index (χ0) is 55.2. The Balaban J connectivity index is 0.960. The lowest BCUT2D eigenvalue weighted by Crippen LogP contribution is -2.40. The van der Waals surface area contributed by atoms with Crippen LogP contribution in [0.3, 0.4) is 0 Å². The number of fused-ring (bicyclic) bond motifs is 2. The summed E-state index contributed by atoms with van der Waals surface area (Å²) in [5, 5.41) is 33.0. The fourth-order valence-corrected chi connectivity index (χ4v) is 14.1. The van der Waals surface area contributed by atoms with E-state index in [-0.39, 0.29) is 47.1 Å². The van der Waals surface area contributed by atoms with Crippen LogP contribution in [0, 0.1) is 5.92 Å². The molecule has 0 bridgehead atoms. The highest BCUT2D eigenvalue weighted by Gasteiger charge is 2.55. The van der Waals surface area contributed by atoms with Crippen LogP contribution in [0.5, 0.6) is 0 Å². The van der Waals surface area contributed by atoms with Gasteiger partial charge in [0, 0.05) is 38.5 Å². The highest BCUT2D eigenvalue weighted by atomic mass is 31.3. The van der Waals surface area contributed by atoms with Crippen LogP contribution in [0.1, 0.15) is 38.4 Å². The van der Waals surface area contributed by atoms with E-state index in [1.165, 1.54) is 22.5 Å². The van der Waals surface area contributed by atoms with Crippen LogP contribution in [-0.4, -0.2) is 162 Å². The Morgan fingerprint density at radius 3 is 2.11 bits per heavy atom. The van der Waals surface area contributed by atoms with Gasteiger partial charge in [0.05, 0.1) is 51.1 Å². The number of methoxy groups -OCH3 is 1. The summed E-state index contributed by atoms with van der Waals surface area (Å²) in [5.74, 6) is -1.31. The number of nitrogen functional groups attached to an aromatic ring is 2. The highest BCUT2D eigenvalue weighted by molar-refractivity contribution is 7.66. The van der Waals surface area contributed by atoms with Crippen LogP contribution in [0.2, 0.25) is 0 Å². The molecule has 5 aromatic heterocycles. The lowest BCUT2D eigenvalue weighted by atomic mass is 9.95. The Bertz CT molecular complexity index is 3300. The van der Waals surface area contributed by atoms with Gasteiger partial charge in [-0.2, -0.15) is 18.2 Å². The van der Waals surface area contributed by atoms with E-state index in [1.807, 2.05) is 11.9 Å². The Morgan fingerprint density at radius 2 is 1.43 bits per heavy atom. The molecule has 76 heavy (non-hydrogen) atoms. The second-order valence-electron chi connectivity index (χ2n) is 17.3. The van der Waals surface area contributed by atoms with Crippen molar-refractivity contribution in [2.75, 3.05) is 51.6 Å². The molecule has 8 heterocycles. The normalized spacial score (nSPS) is 30.1. The van der Waals surface area contributed by atoms with Crippen molar-refractivity contribution < 1.29 is 104 Å². The van der Waals surface area contributed by atoms with Crippen LogP contribution >= 0.6 is 31.1 Å². The minimum absolute atomic E-state index is 0.00614. The van der Waals surface area contributed by atoms with E-state index in [1.54, 1.807) is 0 Å². The van der Waals surface area contributed by atoms with E-state index in [9.17, 15) is 67.5 Å². The average molecular weight is 1160 g/mol. The van der Waals surface area contributed by atoms with E-state index in [2.05, 4.69) is 33.5 Å². The summed E-state index contributed by atoms with van der Waals surface area (Å²) in [6, 6.07) is 0.919. The summed E-state index contributed by atoms with van der Waals surface area (Å²) in [4.78, 5) is 103. The molecular weight excluding hydrogens is 1110 g/mol. The van der Waals surface area contributed by atoms with Crippen LogP contribution < -0.4 is 37.7 Å². The molecule has 5 unspecified atom stereocenters. The molecule has 0 spiro atoms. The fraction of sp³-hybridized carbons (Fsp3) is 0.611. The third-order valence-electron chi connectivity index (χ3n) is 12.2. The van der Waals surface area contributed by atoms with Gasteiger partial charge in [-0.25, -0.2) is 38.0 Å². The van der Waals surface area contributed by atoms with Crippen molar-refractivity contribution in [1.29, 1.82) is 0 Å². The molecular formula is C36H52N12O24P4. The smallest absolute Gasteiger partial charge is 0.490 e. The number of phosphoric ester groups is 2. The summed E-state index contributed by atoms with van der Waals surface area (Å²) >= 11 is 0. The number of ether oxygens (including phenoxy) is 5. The number of phosphoric acid groups is 3. The predicted molar refractivity (Wildman–Crippen MR) is 248 cm³/mol. The average Bonchev–Trinajstić information content (AvgIpc) is 4.20. The van der Waals surface area contributed by atoms with Crippen LogP contribution in [0.4, 0.5) is 11.8 Å². The number of nitrogens with two attached hydrogens (primary N) is 2. The van der Waals surface area contributed by atoms with Gasteiger partial charge < -0.3 is 79.1 Å². The highest BCUT2D eigenvalue weighted by Crippen LogP contribution is 2.68. The number of rotatable bonds is 23. The van der Waals surface area contributed by atoms with Crippen molar-refractivity contribution >= 4 is 65.2 Å². The number of imidazole rings is 2. The molecule has 0 saturated carbocycles. The van der Waals surface area contributed by atoms with Crippen molar-refractivity contribution in [3.63, 3.8) is 0 Å². The number of aliphatic hydroxyl groups is 3. The lowest BCUT2D eigenvalue weighted by Gasteiger charge is -2.35. The molecule has 3 aliphatic heterocycles. The molecule has 3 aliphatic rings. The van der Waals surface area contributed by atoms with Gasteiger partial charge in [0.2, 0.25) is 18.5 Å². The minimum Gasteiger partial charge on any atom is -0.778 e. The minimum atomic E-state index is -6.21. The second-order valence-corrected chi connectivity index (χ2v) is 23.8. The maximum absolute atomic E-state index is 14.2. The quantitative estimate of drug-likeness (QED) is 0.0173. The molecule has 3 fully saturated rings. The van der Waals surface area contributed by atoms with Crippen molar-refractivity contribution in [2.24, 2.45) is 13.0 Å². The van der Waals surface area contributed by atoms with Crippen molar-refractivity contribution in [1.82, 2.24) is 43.6 Å². The molecule has 16 atom stereocenters. The van der Waals surface area contributed by atoms with Gasteiger partial charge in [0.1, 0.15) is 50.0 Å². The third kappa shape index (κ3) is 12.2. The Labute approximate surface area is 425 Å². The molecule has 420 valence electrons. The molecule has 36 nitrogen and oxygen atoms in total. The SMILES string of the molecule is CCCOCC[C@H]1[C@@H](O)[C@H](n2c[n+](C)c3c(=O)[nH]c(N)nc32)O[C@@H]1COP(=O)(O)OP(=O)(O)OP(=O)(O)OCC1O[C@@H](n2cnc3c(N)ncnc32)[C@H](OC)[C@@H]1P(=O)([O-])OC[C@H]1O[C@@H](n2ccc(=O)[nH]c2=O)[C@H](O)[C@@H]1O. The first-order chi connectivity index (χ1) is 35.7. The van der Waals surface area contributed by atoms with Gasteiger partial charge in [-0.05, 0) is 12.8 Å². The second kappa shape index (κ2) is 22.6. The zero-order valence-electron chi connectivity index (χ0n) is 39.8. The summed E-state index contributed by atoms with van der Waals surface area (Å²) in [5.41, 5.74) is 7.21. The number of nitrogens with one attached hydrogen (secondary N) is 2. The maximum atomic E-state index is 14.2. The van der Waals surface area contributed by atoms with Gasteiger partial charge in [-0.15, -0.1) is 0 Å². The van der Waals surface area contributed by atoms with E-state index < -0.39 is 141 Å². The first-order valence-corrected chi connectivity index (χ1v) is 28.6. The third-order valence-corrected chi connectivity index (χ3v) is 18.4. The Hall–Kier alpha value is -4.58. The number of aliphatic hydroxyl groups excluding tert-OH is 3. The summed E-state index contributed by atoms with van der Waals surface area (Å²) in [7, 11) is -21.0. The molecule has 0 aliphatic carbocycles. The van der Waals surface area contributed by atoms with Crippen LogP contribution in [-0.2, 0) is 71.2 Å². The first-order valence-electron chi connectivity index (χ1n) is 22.5. The monoisotopic (exact) mass is 1160 g/mol. The molecule has 3 saturated heterocycles. The predicted octanol–water partition coefficient (Wildman–Crippen LogP) is -3.37. The standard InChI is InChI=1S/C36H52N12O24P4/c1-4-8-64-9-6-16-17(68-32(23(16)50)48-15-45(2)22-30(48)43-35(38)44-31(22)53)10-66-74(57,58)71-76(61,62)72-75(59,60)67-12-19-27(26(63-3)34(70-19)47-14-41-21-28(37)39-13-40-29(21)47)73(55,56)65-11-18-24(51)25(52)33(69-18)46-7-5-20(49)42-36(46)54/h5,7,13-19,23-27,32-34,50-52H,4,6,8-12H2,1-3H3,(H9-,37,38,39,40,42,43,44,49,53,54,55,56,57,58,59,60,61,62)/t16-,17-,18-,19?,23-,24-,25-,26-,27-,32-,33-,34-/m1/s1. The van der Waals surface area contributed by atoms with Gasteiger partial charge >= 0.3 is 34.7 Å². The molecule has 8 rings (SSSR count). The Kier molecular flexibility index (Phi) is 17.2. The molecule has 0 amide bonds. The summed E-state index contributed by atoms with van der Waals surface area (Å²) in [6.45, 7) is -1.07. The van der Waals surface area contributed by atoms with Crippen LogP contribution in [0.15, 0.2) is 45.6 Å². The number of aromatic amines is 2. The number of nitrogens with zero attached hydrogens (tertiary/aromatic N) is 8. The number of anilines is 2. The molecule has 12 N–H and O–H groups in total. The van der Waals surface area contributed by atoms with Gasteiger partial charge in [-0.1, -0.05) is 6.92 Å². The van der Waals surface area contributed by atoms with E-state index in [0.29, 0.717) is 13.0 Å². The van der Waals surface area contributed by atoms with E-state index in [0.717, 1.165) is 41.2 Å². The molecule has 0 radical (unpaired) electrons. The molecule has 40 heteroatoms. The van der Waals surface area contributed by atoms with Gasteiger partial charge in [-0.3, -0.25) is 37.7 Å². The number of aromatic nitrogens is 10. The summed E-state index contributed by atoms with van der Waals surface area (Å²) < 4.78 is 111. The summed E-state index contributed by atoms with van der Waals surface area (Å²) in [6.07, 6.45) is -11.1. The molecule has 5 aromatic rings. The van der Waals surface area contributed by atoms with Gasteiger partial charge in [0.15, 0.2) is 23.9 Å². The maximum Gasteiger partial charge on any atom is 0.490 e. The number of H-pyrrole nitrogens is 2. The topological polar surface area (TPSA) is 510 Å². The van der Waals surface area contributed by atoms with Gasteiger partial charge in [0.25, 0.3) is 16.7 Å². The molecule has 0 aromatic carbocycles. The van der Waals surface area contributed by atoms with Crippen molar-refractivity contribution in [3.8, 4) is 0 Å². The van der Waals surface area contributed by atoms with Crippen molar-refractivity contribution in [3.05, 3.63) is 62.4 Å². The Morgan fingerprint density at radius 1 is 0.789 bits per heavy atom. The lowest BCUT2D eigenvalue weighted by molar-refractivity contribution is -0.646. The van der Waals surface area contributed by atoms with Crippen molar-refractivity contribution in [2.45, 2.75) is 86.8 Å². The van der Waals surface area contributed by atoms with E-state index >= 15 is 0 Å². The zero-order valence-corrected chi connectivity index (χ0v) is 43.4. The van der Waals surface area contributed by atoms with Crippen LogP contribution in [0.25, 0.3) is 22.3 Å². The fourth-order valence-electron chi connectivity index (χ4n) is 8.88. The largest absolute Gasteiger partial charge is 0.778 e. The number of hydrogen-bond acceptors (Lipinski definition) is 27. The van der Waals surface area contributed by atoms with E-state index in [4.69, 9.17) is 48.7 Å². The number of hydrogen-bond donors (Lipinski definition) is 10. The first kappa shape index (κ1) is 57.6. The number of aryl methyl sites for hydroxylation is 1.